The third-order valence-electron chi connectivity index (χ3n) is 7.70. The Kier molecular flexibility index (Phi) is 22.2. The molecule has 8 heteroatoms. The van der Waals surface area contributed by atoms with Crippen molar-refractivity contribution in [2.45, 2.75) is 80.3 Å². The van der Waals surface area contributed by atoms with Gasteiger partial charge in [0.2, 0.25) is 6.29 Å². The molecule has 1 aliphatic rings. The molecule has 1 heterocycles. The van der Waals surface area contributed by atoms with Crippen LogP contribution in [0.3, 0.4) is 0 Å². The average molecular weight is 674 g/mol. The Balaban J connectivity index is 0.000000825. The molecule has 0 radical (unpaired) electrons. The van der Waals surface area contributed by atoms with Crippen molar-refractivity contribution < 1.29 is 23.1 Å². The molecule has 0 saturated carbocycles. The smallest absolute Gasteiger partial charge is 0.400 e. The predicted octanol–water partition coefficient (Wildman–Crippen LogP) is 9.87. The second-order valence-electron chi connectivity index (χ2n) is 12.7. The molecule has 48 heavy (non-hydrogen) atoms. The van der Waals surface area contributed by atoms with Crippen LogP contribution in [0.4, 0.5) is 18.9 Å². The lowest BCUT2D eigenvalue weighted by atomic mass is 9.84. The molecule has 3 aromatic carbocycles. The van der Waals surface area contributed by atoms with Crippen molar-refractivity contribution in [1.82, 2.24) is 9.80 Å². The first-order valence-electron chi connectivity index (χ1n) is 17.1. The van der Waals surface area contributed by atoms with E-state index in [1.807, 2.05) is 0 Å². The highest BCUT2D eigenvalue weighted by Crippen LogP contribution is 2.28. The third-order valence-corrected chi connectivity index (χ3v) is 7.70. The van der Waals surface area contributed by atoms with Crippen LogP contribution in [0.1, 0.15) is 78.4 Å². The fourth-order valence-electron chi connectivity index (χ4n) is 5.37. The van der Waals surface area contributed by atoms with Gasteiger partial charge in [-0.2, -0.15) is 13.2 Å². The van der Waals surface area contributed by atoms with Gasteiger partial charge in [0.05, 0.1) is 0 Å². The quantitative estimate of drug-likeness (QED) is 0.229. The van der Waals surface area contributed by atoms with Gasteiger partial charge < -0.3 is 19.8 Å². The predicted molar refractivity (Wildman–Crippen MR) is 201 cm³/mol. The number of likely N-dealkylation sites (tertiary alicyclic amines) is 1. The molecule has 1 aliphatic heterocycles. The van der Waals surface area contributed by atoms with Crippen LogP contribution in [0, 0.1) is 12.3 Å². The van der Waals surface area contributed by atoms with Crippen molar-refractivity contribution in [1.29, 1.82) is 0 Å². The molecule has 0 spiro atoms. The van der Waals surface area contributed by atoms with Crippen molar-refractivity contribution in [3.63, 3.8) is 0 Å². The number of nitrogens with zero attached hydrogens (tertiary/aromatic N) is 3. The van der Waals surface area contributed by atoms with E-state index < -0.39 is 12.5 Å². The van der Waals surface area contributed by atoms with Crippen molar-refractivity contribution in [3.05, 3.63) is 84.4 Å². The highest BCUT2D eigenvalue weighted by atomic mass is 19.4. The number of hydrogen-bond donors (Lipinski definition) is 1. The number of hydrogen-bond acceptors (Lipinski definition) is 5. The Hall–Kier alpha value is -3.36. The number of carbonyl (C=O) groups excluding carboxylic acids is 1. The number of halogens is 3. The number of carbonyl (C=O) groups is 1. The molecule has 0 amide bonds. The van der Waals surface area contributed by atoms with Crippen LogP contribution in [0.15, 0.2) is 73.3 Å². The molecular formula is C40H62F3N3O2. The van der Waals surface area contributed by atoms with Crippen LogP contribution in [0.25, 0.3) is 16.5 Å². The second-order valence-corrected chi connectivity index (χ2v) is 12.7. The second kappa shape index (κ2) is 23.9. The van der Waals surface area contributed by atoms with Crippen molar-refractivity contribution in [2.75, 3.05) is 58.3 Å². The molecule has 0 bridgehead atoms. The van der Waals surface area contributed by atoms with Gasteiger partial charge in [-0.25, -0.2) is 0 Å². The molecule has 4 rings (SSSR count). The van der Waals surface area contributed by atoms with E-state index in [0.29, 0.717) is 5.41 Å². The Morgan fingerprint density at radius 1 is 0.958 bits per heavy atom. The number of alkyl halides is 3. The number of aliphatic hydroxyl groups excluding tert-OH is 1. The Bertz CT molecular complexity index is 1290. The number of anilines is 1. The molecular weight excluding hydrogens is 611 g/mol. The molecule has 0 aliphatic carbocycles. The maximum atomic E-state index is 10.4. The zero-order valence-corrected chi connectivity index (χ0v) is 31.0. The van der Waals surface area contributed by atoms with Gasteiger partial charge >= 0.3 is 6.18 Å². The summed E-state index contributed by atoms with van der Waals surface area (Å²) in [4.78, 5) is 16.0. The number of benzene rings is 3. The summed E-state index contributed by atoms with van der Waals surface area (Å²) in [5.74, 6) is 0. The molecule has 0 unspecified atom stereocenters. The van der Waals surface area contributed by atoms with Crippen LogP contribution >= 0.6 is 0 Å². The van der Waals surface area contributed by atoms with Crippen LogP contribution < -0.4 is 4.90 Å². The third kappa shape index (κ3) is 17.7. The fourth-order valence-corrected chi connectivity index (χ4v) is 5.37. The van der Waals surface area contributed by atoms with Crippen molar-refractivity contribution in [2.24, 2.45) is 5.41 Å². The lowest BCUT2D eigenvalue weighted by Crippen LogP contribution is -2.40. The first-order valence-corrected chi connectivity index (χ1v) is 17.1. The van der Waals surface area contributed by atoms with E-state index in [1.54, 1.807) is 0 Å². The van der Waals surface area contributed by atoms with Crippen LogP contribution in [-0.2, 0) is 4.79 Å². The first kappa shape index (κ1) is 44.6. The Labute approximate surface area is 289 Å². The van der Waals surface area contributed by atoms with E-state index >= 15 is 0 Å². The minimum absolute atomic E-state index is 0.577. The summed E-state index contributed by atoms with van der Waals surface area (Å²) in [6.07, 6.45) is -0.344. The summed E-state index contributed by atoms with van der Waals surface area (Å²) in [6.45, 7) is 26.8. The van der Waals surface area contributed by atoms with Gasteiger partial charge in [-0.1, -0.05) is 108 Å². The van der Waals surface area contributed by atoms with Gasteiger partial charge in [-0.05, 0) is 74.5 Å². The summed E-state index contributed by atoms with van der Waals surface area (Å²) in [7, 11) is 3.13. The zero-order valence-electron chi connectivity index (χ0n) is 31.0. The first-order chi connectivity index (χ1) is 22.7. The lowest BCUT2D eigenvalue weighted by molar-refractivity contribution is -0.156. The largest absolute Gasteiger partial charge is 0.446 e. The highest BCUT2D eigenvalue weighted by molar-refractivity contribution is 5.93. The van der Waals surface area contributed by atoms with Gasteiger partial charge in [0.1, 0.15) is 0 Å². The van der Waals surface area contributed by atoms with Crippen molar-refractivity contribution >= 4 is 28.4 Å². The molecule has 270 valence electrons. The van der Waals surface area contributed by atoms with Gasteiger partial charge in [0.25, 0.3) is 0 Å². The summed E-state index contributed by atoms with van der Waals surface area (Å²) in [6, 6.07) is 23.7. The standard InChI is InChI=1S/C24H28N2.C10H21N.C3H8.C2HF3O.CH4O/c1-5-26(22-15-13-19(2)14-16-22)18-17-25(4)20(3)23-12-8-10-21-9-6-7-11-24(21)23;1-4-7-11-8-5-6-10(2,3)9-11;1-3-2;3-2(4,5)1-6;1-2/h6-16H,3,5,17-18H2,1-2,4H3;4-9H2,1-3H3;3H2,1-2H3;1H;2H,1H3. The van der Waals surface area contributed by atoms with Crippen LogP contribution in [0.2, 0.25) is 0 Å². The lowest BCUT2D eigenvalue weighted by Gasteiger charge is -2.37. The van der Waals surface area contributed by atoms with E-state index in [2.05, 4.69) is 144 Å². The molecule has 1 saturated heterocycles. The minimum atomic E-state index is -4.64. The van der Waals surface area contributed by atoms with Crippen molar-refractivity contribution in [3.8, 4) is 0 Å². The summed E-state index contributed by atoms with van der Waals surface area (Å²) >= 11 is 0. The van der Waals surface area contributed by atoms with Gasteiger partial charge in [-0.15, -0.1) is 0 Å². The number of likely N-dealkylation sites (N-methyl/N-ethyl adjacent to an activating group) is 2. The molecule has 1 N–H and O–H groups in total. The molecule has 1 fully saturated rings. The summed E-state index contributed by atoms with van der Waals surface area (Å²) in [5, 5.41) is 9.52. The Morgan fingerprint density at radius 3 is 2.04 bits per heavy atom. The monoisotopic (exact) mass is 673 g/mol. The van der Waals surface area contributed by atoms with E-state index in [1.165, 1.54) is 72.9 Å². The van der Waals surface area contributed by atoms with Gasteiger partial charge in [-0.3, -0.25) is 4.79 Å². The van der Waals surface area contributed by atoms with E-state index in [4.69, 9.17) is 9.90 Å². The maximum Gasteiger partial charge on any atom is 0.446 e. The SMILES string of the molecule is C=C(c1cccc2ccccc12)N(C)CCN(CC)c1ccc(C)cc1.CCC.CCCN1CCCC(C)(C)C1.CO.O=CC(F)(F)F. The van der Waals surface area contributed by atoms with Gasteiger partial charge in [0, 0.05) is 57.3 Å². The van der Waals surface area contributed by atoms with E-state index in [-0.39, 0.29) is 0 Å². The van der Waals surface area contributed by atoms with E-state index in [0.717, 1.165) is 32.4 Å². The minimum Gasteiger partial charge on any atom is -0.400 e. The molecule has 0 atom stereocenters. The number of fused-ring (bicyclic) bond motifs is 1. The zero-order chi connectivity index (χ0) is 36.8. The normalized spacial score (nSPS) is 13.5. The molecule has 5 nitrogen and oxygen atoms in total. The highest BCUT2D eigenvalue weighted by Gasteiger charge is 2.25. The van der Waals surface area contributed by atoms with Crippen LogP contribution in [-0.4, -0.2) is 80.8 Å². The molecule has 3 aromatic rings. The average Bonchev–Trinajstić information content (AvgIpc) is 3.06. The van der Waals surface area contributed by atoms with Crippen LogP contribution in [0.5, 0.6) is 0 Å². The number of aryl methyl sites for hydroxylation is 1. The van der Waals surface area contributed by atoms with Gasteiger partial charge in [0.15, 0.2) is 0 Å². The number of piperidine rings is 1. The summed E-state index contributed by atoms with van der Waals surface area (Å²) < 4.78 is 31.2. The maximum absolute atomic E-state index is 10.4. The topological polar surface area (TPSA) is 47.0 Å². The summed E-state index contributed by atoms with van der Waals surface area (Å²) in [5.41, 5.74) is 5.44. The Morgan fingerprint density at radius 2 is 1.52 bits per heavy atom. The van der Waals surface area contributed by atoms with E-state index in [9.17, 15) is 13.2 Å². The number of rotatable bonds is 9. The number of aldehydes is 1. The fraction of sp³-hybridized carbons (Fsp3) is 0.525. The molecule has 0 aromatic heterocycles. The number of aliphatic hydroxyl groups is 1.